The number of pyridine rings is 1. The van der Waals surface area contributed by atoms with E-state index < -0.39 is 0 Å². The third kappa shape index (κ3) is 2.88. The van der Waals surface area contributed by atoms with Crippen molar-refractivity contribution in [2.45, 2.75) is 44.9 Å². The molecular weight excluding hydrogens is 315 g/mol. The van der Waals surface area contributed by atoms with Crippen LogP contribution in [0.1, 0.15) is 44.9 Å². The lowest BCUT2D eigenvalue weighted by Gasteiger charge is -2.44. The van der Waals surface area contributed by atoms with Gasteiger partial charge in [0, 0.05) is 13.1 Å². The number of hydrogen-bond acceptors (Lipinski definition) is 2. The maximum Gasteiger partial charge on any atom is 0.150 e. The van der Waals surface area contributed by atoms with E-state index in [9.17, 15) is 0 Å². The molecule has 1 saturated carbocycles. The predicted molar refractivity (Wildman–Crippen MR) is 86.2 cm³/mol. The van der Waals surface area contributed by atoms with Gasteiger partial charge in [0.25, 0.3) is 0 Å². The van der Waals surface area contributed by atoms with Crippen LogP contribution in [0.4, 0.5) is 5.82 Å². The quantitative estimate of drug-likeness (QED) is 0.622. The van der Waals surface area contributed by atoms with Gasteiger partial charge in [-0.25, -0.2) is 4.98 Å². The lowest BCUT2D eigenvalue weighted by molar-refractivity contribution is 0.144. The molecule has 2 heterocycles. The summed E-state index contributed by atoms with van der Waals surface area (Å²) in [5.41, 5.74) is 0.581. The second-order valence-corrected chi connectivity index (χ2v) is 7.29. The van der Waals surface area contributed by atoms with E-state index >= 15 is 0 Å². The first-order valence-electron chi connectivity index (χ1n) is 7.36. The fourth-order valence-corrected chi connectivity index (χ4v) is 4.26. The summed E-state index contributed by atoms with van der Waals surface area (Å²) >= 11 is 18.2. The van der Waals surface area contributed by atoms with Crippen LogP contribution in [0.25, 0.3) is 0 Å². The fourth-order valence-electron chi connectivity index (χ4n) is 3.65. The monoisotopic (exact) mass is 332 g/mol. The normalized spacial score (nSPS) is 22.2. The Bertz CT molecular complexity index is 488. The predicted octanol–water partition coefficient (Wildman–Crippen LogP) is 5.59. The molecule has 0 N–H and O–H groups in total. The van der Waals surface area contributed by atoms with Crippen LogP contribution < -0.4 is 4.90 Å². The Labute approximate surface area is 135 Å². The SMILES string of the molecule is Clc1cc(Cl)c(N2CCC3(CCCCC3)CC2)nc1Cl. The molecule has 0 amide bonds. The maximum atomic E-state index is 6.26. The minimum absolute atomic E-state index is 0.337. The lowest BCUT2D eigenvalue weighted by atomic mass is 9.68. The summed E-state index contributed by atoms with van der Waals surface area (Å²) in [6.07, 6.45) is 9.46. The first-order chi connectivity index (χ1) is 9.60. The number of hydrogen-bond donors (Lipinski definition) is 0. The molecule has 0 radical (unpaired) electrons. The average molecular weight is 334 g/mol. The molecule has 2 nitrogen and oxygen atoms in total. The van der Waals surface area contributed by atoms with Crippen molar-refractivity contribution in [2.24, 2.45) is 5.41 Å². The van der Waals surface area contributed by atoms with Crippen LogP contribution in [-0.2, 0) is 0 Å². The van der Waals surface area contributed by atoms with E-state index in [1.807, 2.05) is 0 Å². The van der Waals surface area contributed by atoms with Gasteiger partial charge in [0.1, 0.15) is 11.0 Å². The maximum absolute atomic E-state index is 6.26. The largest absolute Gasteiger partial charge is 0.355 e. The van der Waals surface area contributed by atoms with Crippen molar-refractivity contribution >= 4 is 40.6 Å². The summed E-state index contributed by atoms with van der Waals surface area (Å²) in [5, 5.41) is 1.35. The first-order valence-corrected chi connectivity index (χ1v) is 8.50. The van der Waals surface area contributed by atoms with Gasteiger partial charge in [-0.05, 0) is 37.2 Å². The summed E-state index contributed by atoms with van der Waals surface area (Å²) < 4.78 is 0. The molecule has 5 heteroatoms. The minimum atomic E-state index is 0.337. The van der Waals surface area contributed by atoms with Gasteiger partial charge in [-0.2, -0.15) is 0 Å². The van der Waals surface area contributed by atoms with Crippen molar-refractivity contribution in [1.29, 1.82) is 0 Å². The van der Waals surface area contributed by atoms with E-state index in [2.05, 4.69) is 9.88 Å². The molecule has 110 valence electrons. The van der Waals surface area contributed by atoms with Crippen LogP contribution in [0.3, 0.4) is 0 Å². The standard InChI is InChI=1S/C15H19Cl3N2/c16-11-10-12(17)14(19-13(11)18)20-8-6-15(7-9-20)4-2-1-3-5-15/h10H,1-9H2. The highest BCUT2D eigenvalue weighted by Gasteiger charge is 2.36. The second-order valence-electron chi connectivity index (χ2n) is 6.11. The summed E-state index contributed by atoms with van der Waals surface area (Å²) in [6.45, 7) is 2.04. The molecule has 1 aliphatic carbocycles. The van der Waals surface area contributed by atoms with E-state index in [4.69, 9.17) is 34.8 Å². The van der Waals surface area contributed by atoms with Gasteiger partial charge < -0.3 is 4.90 Å². The van der Waals surface area contributed by atoms with Crippen LogP contribution in [-0.4, -0.2) is 18.1 Å². The molecule has 0 aromatic carbocycles. The molecule has 2 aliphatic rings. The van der Waals surface area contributed by atoms with Crippen molar-refractivity contribution in [1.82, 2.24) is 4.98 Å². The first kappa shape index (κ1) is 14.7. The number of piperidine rings is 1. The molecule has 0 unspecified atom stereocenters. The summed E-state index contributed by atoms with van der Waals surface area (Å²) in [5.74, 6) is 0.784. The minimum Gasteiger partial charge on any atom is -0.355 e. The third-order valence-corrected chi connectivity index (χ3v) is 5.86. The molecule has 0 bridgehead atoms. The molecule has 2 fully saturated rings. The summed E-state index contributed by atoms with van der Waals surface area (Å²) in [6, 6.07) is 1.69. The van der Waals surface area contributed by atoms with E-state index in [0.717, 1.165) is 18.9 Å². The van der Waals surface area contributed by atoms with Crippen molar-refractivity contribution in [3.63, 3.8) is 0 Å². The van der Waals surface area contributed by atoms with Gasteiger partial charge in [0.2, 0.25) is 0 Å². The van der Waals surface area contributed by atoms with Crippen molar-refractivity contribution in [2.75, 3.05) is 18.0 Å². The van der Waals surface area contributed by atoms with Crippen molar-refractivity contribution in [3.8, 4) is 0 Å². The van der Waals surface area contributed by atoms with Gasteiger partial charge in [-0.1, -0.05) is 54.1 Å². The number of nitrogens with zero attached hydrogens (tertiary/aromatic N) is 2. The molecule has 1 aliphatic heterocycles. The van der Waals surface area contributed by atoms with Gasteiger partial charge in [-0.15, -0.1) is 0 Å². The average Bonchev–Trinajstić information content (AvgIpc) is 2.45. The van der Waals surface area contributed by atoms with Gasteiger partial charge >= 0.3 is 0 Å². The van der Waals surface area contributed by atoms with Crippen LogP contribution >= 0.6 is 34.8 Å². The number of anilines is 1. The molecule has 0 atom stereocenters. The lowest BCUT2D eigenvalue weighted by Crippen LogP contribution is -2.41. The Kier molecular flexibility index (Phi) is 4.35. The summed E-state index contributed by atoms with van der Waals surface area (Å²) in [4.78, 5) is 6.61. The topological polar surface area (TPSA) is 16.1 Å². The molecule has 3 rings (SSSR count). The fraction of sp³-hybridized carbons (Fsp3) is 0.667. The molecule has 1 spiro atoms. The van der Waals surface area contributed by atoms with Gasteiger partial charge in [0.05, 0.1) is 10.0 Å². The Hall–Kier alpha value is -0.180. The highest BCUT2D eigenvalue weighted by atomic mass is 35.5. The highest BCUT2D eigenvalue weighted by molar-refractivity contribution is 6.42. The molecule has 1 aromatic rings. The number of halogens is 3. The zero-order chi connectivity index (χ0) is 14.2. The van der Waals surface area contributed by atoms with Gasteiger partial charge in [-0.3, -0.25) is 0 Å². The van der Waals surface area contributed by atoms with E-state index in [1.54, 1.807) is 6.07 Å². The molecule has 20 heavy (non-hydrogen) atoms. The molecule has 1 saturated heterocycles. The Morgan fingerprint density at radius 2 is 1.55 bits per heavy atom. The van der Waals surface area contributed by atoms with Crippen LogP contribution in [0, 0.1) is 5.41 Å². The second kappa shape index (κ2) is 5.90. The third-order valence-electron chi connectivity index (χ3n) is 4.91. The van der Waals surface area contributed by atoms with E-state index in [-0.39, 0.29) is 0 Å². The molecular formula is C15H19Cl3N2. The Balaban J connectivity index is 1.73. The van der Waals surface area contributed by atoms with E-state index in [1.165, 1.54) is 44.9 Å². The van der Waals surface area contributed by atoms with Crippen molar-refractivity contribution in [3.05, 3.63) is 21.3 Å². The van der Waals surface area contributed by atoms with E-state index in [0.29, 0.717) is 20.6 Å². The zero-order valence-electron chi connectivity index (χ0n) is 11.5. The zero-order valence-corrected chi connectivity index (χ0v) is 13.7. The smallest absolute Gasteiger partial charge is 0.150 e. The number of rotatable bonds is 1. The summed E-state index contributed by atoms with van der Waals surface area (Å²) in [7, 11) is 0. The Morgan fingerprint density at radius 1 is 0.900 bits per heavy atom. The Morgan fingerprint density at radius 3 is 2.20 bits per heavy atom. The van der Waals surface area contributed by atoms with Crippen LogP contribution in [0.2, 0.25) is 15.2 Å². The number of aromatic nitrogens is 1. The molecule has 1 aromatic heterocycles. The van der Waals surface area contributed by atoms with Crippen LogP contribution in [0.5, 0.6) is 0 Å². The van der Waals surface area contributed by atoms with Crippen LogP contribution in [0.15, 0.2) is 6.07 Å². The van der Waals surface area contributed by atoms with Crippen molar-refractivity contribution < 1.29 is 0 Å². The highest BCUT2D eigenvalue weighted by Crippen LogP contribution is 2.45. The van der Waals surface area contributed by atoms with Gasteiger partial charge in [0.15, 0.2) is 0 Å².